The maximum Gasteiger partial charge on any atom is 0.243 e. The Hall–Kier alpha value is -1.61. The summed E-state index contributed by atoms with van der Waals surface area (Å²) in [5.74, 6) is 0.479. The van der Waals surface area contributed by atoms with Crippen molar-refractivity contribution in [1.82, 2.24) is 9.21 Å². The quantitative estimate of drug-likeness (QED) is 0.651. The molecule has 0 aromatic heterocycles. The lowest BCUT2D eigenvalue weighted by Crippen LogP contribution is -2.52. The van der Waals surface area contributed by atoms with Gasteiger partial charge in [-0.05, 0) is 48.4 Å². The molecule has 0 bridgehead atoms. The van der Waals surface area contributed by atoms with Gasteiger partial charge in [0, 0.05) is 35.7 Å². The van der Waals surface area contributed by atoms with Gasteiger partial charge in [0.25, 0.3) is 0 Å². The van der Waals surface area contributed by atoms with Gasteiger partial charge < -0.3 is 9.64 Å². The van der Waals surface area contributed by atoms with E-state index in [1.54, 1.807) is 35.2 Å². The number of carbonyl (C=O) groups excluding carboxylic acids is 1. The SMILES string of the molecule is O=C(C1COc2ccc(Cl)cc2C1)N1CCN(S(=O)(=O)c2cccc(Br)c2)CC1. The normalized spacial score (nSPS) is 20.1. The minimum absolute atomic E-state index is 0.00451. The third-order valence-corrected chi connectivity index (χ3v) is 7.89. The molecule has 154 valence electrons. The minimum Gasteiger partial charge on any atom is -0.492 e. The molecule has 29 heavy (non-hydrogen) atoms. The molecule has 2 aromatic carbocycles. The number of piperazine rings is 1. The second-order valence-corrected chi connectivity index (χ2v) is 10.4. The number of benzene rings is 2. The van der Waals surface area contributed by atoms with Crippen LogP contribution in [-0.2, 0) is 21.2 Å². The fourth-order valence-corrected chi connectivity index (χ4v) is 5.92. The molecule has 2 aromatic rings. The van der Waals surface area contributed by atoms with Gasteiger partial charge in [0.1, 0.15) is 12.4 Å². The van der Waals surface area contributed by atoms with Crippen LogP contribution in [0.4, 0.5) is 0 Å². The van der Waals surface area contributed by atoms with Crippen LogP contribution in [0.3, 0.4) is 0 Å². The molecule has 1 amide bonds. The number of sulfonamides is 1. The van der Waals surface area contributed by atoms with E-state index in [4.69, 9.17) is 16.3 Å². The van der Waals surface area contributed by atoms with Gasteiger partial charge in [0.15, 0.2) is 0 Å². The molecule has 4 rings (SSSR count). The average Bonchev–Trinajstić information content (AvgIpc) is 2.72. The maximum atomic E-state index is 13.0. The van der Waals surface area contributed by atoms with E-state index in [1.807, 2.05) is 12.1 Å². The first-order valence-electron chi connectivity index (χ1n) is 9.30. The standard InChI is InChI=1S/C20H20BrClN2O4S/c21-16-2-1-3-18(12-16)29(26,27)24-8-6-23(7-9-24)20(25)15-10-14-11-17(22)4-5-19(14)28-13-15/h1-5,11-12,15H,6-10,13H2. The molecule has 1 atom stereocenters. The van der Waals surface area contributed by atoms with E-state index in [-0.39, 0.29) is 29.8 Å². The van der Waals surface area contributed by atoms with Crippen molar-refractivity contribution in [3.63, 3.8) is 0 Å². The maximum absolute atomic E-state index is 13.0. The number of rotatable bonds is 3. The van der Waals surface area contributed by atoms with Gasteiger partial charge in [-0.2, -0.15) is 4.31 Å². The van der Waals surface area contributed by atoms with Crippen LogP contribution in [0.5, 0.6) is 5.75 Å². The Labute approximate surface area is 183 Å². The number of fused-ring (bicyclic) bond motifs is 1. The van der Waals surface area contributed by atoms with Crippen molar-refractivity contribution in [2.24, 2.45) is 5.92 Å². The molecule has 0 N–H and O–H groups in total. The summed E-state index contributed by atoms with van der Waals surface area (Å²) in [4.78, 5) is 14.9. The van der Waals surface area contributed by atoms with Crippen LogP contribution in [0, 0.1) is 5.92 Å². The Morgan fingerprint density at radius 2 is 1.86 bits per heavy atom. The zero-order valence-corrected chi connectivity index (χ0v) is 18.7. The van der Waals surface area contributed by atoms with Crippen LogP contribution in [0.25, 0.3) is 0 Å². The second-order valence-electron chi connectivity index (χ2n) is 7.15. The molecule has 2 aliphatic heterocycles. The molecule has 2 heterocycles. The summed E-state index contributed by atoms with van der Waals surface area (Å²) in [5, 5.41) is 0.617. The number of carbonyl (C=O) groups is 1. The van der Waals surface area contributed by atoms with Crippen molar-refractivity contribution in [1.29, 1.82) is 0 Å². The van der Waals surface area contributed by atoms with Crippen molar-refractivity contribution in [2.75, 3.05) is 32.8 Å². The summed E-state index contributed by atoms with van der Waals surface area (Å²) in [6.07, 6.45) is 0.575. The summed E-state index contributed by atoms with van der Waals surface area (Å²) < 4.78 is 33.6. The Morgan fingerprint density at radius 1 is 1.10 bits per heavy atom. The Bertz CT molecular complexity index is 1040. The predicted octanol–water partition coefficient (Wildman–Crippen LogP) is 3.19. The summed E-state index contributed by atoms with van der Waals surface area (Å²) in [6, 6.07) is 12.1. The lowest BCUT2D eigenvalue weighted by atomic mass is 9.95. The highest BCUT2D eigenvalue weighted by Crippen LogP contribution is 2.31. The average molecular weight is 500 g/mol. The lowest BCUT2D eigenvalue weighted by molar-refractivity contribution is -0.138. The van der Waals surface area contributed by atoms with Gasteiger partial charge >= 0.3 is 0 Å². The molecule has 0 saturated carbocycles. The minimum atomic E-state index is -3.58. The number of halogens is 2. The van der Waals surface area contributed by atoms with Crippen molar-refractivity contribution in [3.8, 4) is 5.75 Å². The van der Waals surface area contributed by atoms with Crippen molar-refractivity contribution >= 4 is 43.5 Å². The molecule has 9 heteroatoms. The van der Waals surface area contributed by atoms with E-state index in [9.17, 15) is 13.2 Å². The van der Waals surface area contributed by atoms with E-state index >= 15 is 0 Å². The van der Waals surface area contributed by atoms with Crippen LogP contribution in [-0.4, -0.2) is 56.3 Å². The molecule has 1 unspecified atom stereocenters. The second kappa shape index (κ2) is 8.26. The highest BCUT2D eigenvalue weighted by molar-refractivity contribution is 9.10. The van der Waals surface area contributed by atoms with E-state index in [0.717, 1.165) is 11.3 Å². The fraction of sp³-hybridized carbons (Fsp3) is 0.350. The first-order chi connectivity index (χ1) is 13.8. The lowest BCUT2D eigenvalue weighted by Gasteiger charge is -2.36. The molecular weight excluding hydrogens is 480 g/mol. The fourth-order valence-electron chi connectivity index (χ4n) is 3.71. The van der Waals surface area contributed by atoms with Gasteiger partial charge in [-0.1, -0.05) is 33.6 Å². The Kier molecular flexibility index (Phi) is 5.88. The summed E-state index contributed by atoms with van der Waals surface area (Å²) in [5.41, 5.74) is 0.929. The molecule has 1 fully saturated rings. The summed E-state index contributed by atoms with van der Waals surface area (Å²) in [6.45, 7) is 1.60. The zero-order chi connectivity index (χ0) is 20.6. The number of amides is 1. The topological polar surface area (TPSA) is 66.9 Å². The van der Waals surface area contributed by atoms with E-state index in [2.05, 4.69) is 15.9 Å². The van der Waals surface area contributed by atoms with Crippen molar-refractivity contribution in [3.05, 3.63) is 57.5 Å². The number of hydrogen-bond donors (Lipinski definition) is 0. The number of nitrogens with zero attached hydrogens (tertiary/aromatic N) is 2. The Morgan fingerprint density at radius 3 is 2.59 bits per heavy atom. The largest absolute Gasteiger partial charge is 0.492 e. The first kappa shape index (κ1) is 20.7. The third-order valence-electron chi connectivity index (χ3n) is 5.26. The highest BCUT2D eigenvalue weighted by atomic mass is 79.9. The van der Waals surface area contributed by atoms with Crippen LogP contribution in [0.1, 0.15) is 5.56 Å². The van der Waals surface area contributed by atoms with E-state index < -0.39 is 10.0 Å². The predicted molar refractivity (Wildman–Crippen MR) is 114 cm³/mol. The van der Waals surface area contributed by atoms with Crippen LogP contribution in [0.2, 0.25) is 5.02 Å². The molecule has 6 nitrogen and oxygen atoms in total. The van der Waals surface area contributed by atoms with Gasteiger partial charge in [-0.3, -0.25) is 4.79 Å². The molecule has 2 aliphatic rings. The van der Waals surface area contributed by atoms with Crippen LogP contribution in [0.15, 0.2) is 51.8 Å². The number of ether oxygens (including phenoxy) is 1. The highest BCUT2D eigenvalue weighted by Gasteiger charge is 2.34. The summed E-state index contributed by atoms with van der Waals surface area (Å²) >= 11 is 9.37. The third kappa shape index (κ3) is 4.30. The smallest absolute Gasteiger partial charge is 0.243 e. The van der Waals surface area contributed by atoms with Gasteiger partial charge in [-0.25, -0.2) is 8.42 Å². The van der Waals surface area contributed by atoms with Gasteiger partial charge in [-0.15, -0.1) is 0 Å². The van der Waals surface area contributed by atoms with Gasteiger partial charge in [0.05, 0.1) is 10.8 Å². The van der Waals surface area contributed by atoms with Gasteiger partial charge in [0.2, 0.25) is 15.9 Å². The summed E-state index contributed by atoms with van der Waals surface area (Å²) in [7, 11) is -3.58. The molecule has 0 spiro atoms. The monoisotopic (exact) mass is 498 g/mol. The van der Waals surface area contributed by atoms with Crippen LogP contribution >= 0.6 is 27.5 Å². The Balaban J connectivity index is 1.40. The number of hydrogen-bond acceptors (Lipinski definition) is 4. The molecule has 0 aliphatic carbocycles. The zero-order valence-electron chi connectivity index (χ0n) is 15.6. The van der Waals surface area contributed by atoms with E-state index in [1.165, 1.54) is 4.31 Å². The first-order valence-corrected chi connectivity index (χ1v) is 11.9. The van der Waals surface area contributed by atoms with Crippen molar-refractivity contribution in [2.45, 2.75) is 11.3 Å². The van der Waals surface area contributed by atoms with Crippen LogP contribution < -0.4 is 4.74 Å². The molecular formula is C20H20BrClN2O4S. The molecule has 1 saturated heterocycles. The van der Waals surface area contributed by atoms with E-state index in [0.29, 0.717) is 35.6 Å². The van der Waals surface area contributed by atoms with Crippen molar-refractivity contribution < 1.29 is 17.9 Å². The molecule has 0 radical (unpaired) electrons.